The van der Waals surface area contributed by atoms with E-state index in [9.17, 15) is 0 Å². The Morgan fingerprint density at radius 2 is 2.46 bits per heavy atom. The molecule has 1 unspecified atom stereocenters. The summed E-state index contributed by atoms with van der Waals surface area (Å²) in [5.74, 6) is 0.600. The van der Waals surface area contributed by atoms with Crippen LogP contribution in [0.3, 0.4) is 0 Å². The molecule has 1 saturated heterocycles. The van der Waals surface area contributed by atoms with E-state index in [-0.39, 0.29) is 0 Å². The normalized spacial score (nSPS) is 20.0. The molecule has 0 aliphatic carbocycles. The van der Waals surface area contributed by atoms with Crippen LogP contribution in [0.25, 0.3) is 0 Å². The van der Waals surface area contributed by atoms with Crippen molar-refractivity contribution in [3.63, 3.8) is 0 Å². The summed E-state index contributed by atoms with van der Waals surface area (Å²) in [4.78, 5) is 4.06. The average molecular weight is 200 g/mol. The number of rotatable bonds is 3. The number of methoxy groups -OCH3 is 1. The molecule has 0 aromatic carbocycles. The number of aromatic nitrogens is 1. The summed E-state index contributed by atoms with van der Waals surface area (Å²) in [5.41, 5.74) is 1.05. The van der Waals surface area contributed by atoms with E-state index in [0.717, 1.165) is 18.6 Å². The molecule has 4 heteroatoms. The molecule has 1 aromatic rings. The van der Waals surface area contributed by atoms with Crippen molar-refractivity contribution in [2.45, 2.75) is 12.5 Å². The maximum Gasteiger partial charge on any atom is 0.217 e. The maximum atomic E-state index is 5.73. The topological polar surface area (TPSA) is 34.6 Å². The molecule has 0 radical (unpaired) electrons. The highest BCUT2D eigenvalue weighted by Crippen LogP contribution is 2.24. The zero-order chi connectivity index (χ0) is 9.26. The lowest BCUT2D eigenvalue weighted by Crippen LogP contribution is -1.99. The van der Waals surface area contributed by atoms with Gasteiger partial charge in [-0.25, -0.2) is 4.98 Å². The van der Waals surface area contributed by atoms with Gasteiger partial charge in [-0.2, -0.15) is 0 Å². The Bertz CT molecular complexity index is 312. The SMILES string of the molecule is COc1nc(Cl)ccc1CC1CO1. The van der Waals surface area contributed by atoms with E-state index < -0.39 is 0 Å². The van der Waals surface area contributed by atoms with Crippen LogP contribution in [0.4, 0.5) is 0 Å². The van der Waals surface area contributed by atoms with Crippen molar-refractivity contribution in [3.8, 4) is 5.88 Å². The highest BCUT2D eigenvalue weighted by molar-refractivity contribution is 6.29. The molecule has 1 fully saturated rings. The van der Waals surface area contributed by atoms with E-state index in [0.29, 0.717) is 17.1 Å². The molecular weight excluding hydrogens is 190 g/mol. The minimum absolute atomic E-state index is 0.344. The second kappa shape index (κ2) is 3.52. The largest absolute Gasteiger partial charge is 0.481 e. The molecule has 1 atom stereocenters. The molecule has 1 aromatic heterocycles. The standard InChI is InChI=1S/C9H10ClNO2/c1-12-9-6(4-7-5-13-7)2-3-8(10)11-9/h2-3,7H,4-5H2,1H3. The molecule has 0 N–H and O–H groups in total. The van der Waals surface area contributed by atoms with Gasteiger partial charge in [-0.3, -0.25) is 0 Å². The molecule has 0 spiro atoms. The van der Waals surface area contributed by atoms with Crippen LogP contribution in [-0.2, 0) is 11.2 Å². The number of ether oxygens (including phenoxy) is 2. The average Bonchev–Trinajstić information content (AvgIpc) is 2.92. The van der Waals surface area contributed by atoms with Crippen LogP contribution in [0, 0.1) is 0 Å². The zero-order valence-corrected chi connectivity index (χ0v) is 8.04. The van der Waals surface area contributed by atoms with Gasteiger partial charge in [0.15, 0.2) is 0 Å². The summed E-state index contributed by atoms with van der Waals surface area (Å²) in [7, 11) is 1.59. The van der Waals surface area contributed by atoms with E-state index in [1.807, 2.05) is 6.07 Å². The molecule has 2 rings (SSSR count). The third kappa shape index (κ3) is 2.11. The second-order valence-electron chi connectivity index (χ2n) is 2.96. The van der Waals surface area contributed by atoms with Gasteiger partial charge >= 0.3 is 0 Å². The Kier molecular flexibility index (Phi) is 2.38. The monoisotopic (exact) mass is 199 g/mol. The second-order valence-corrected chi connectivity index (χ2v) is 3.35. The molecule has 0 amide bonds. The molecular formula is C9H10ClNO2. The molecule has 13 heavy (non-hydrogen) atoms. The number of epoxide rings is 1. The number of nitrogens with zero attached hydrogens (tertiary/aromatic N) is 1. The summed E-state index contributed by atoms with van der Waals surface area (Å²) >= 11 is 5.73. The Morgan fingerprint density at radius 1 is 1.69 bits per heavy atom. The van der Waals surface area contributed by atoms with Crippen molar-refractivity contribution >= 4 is 11.6 Å². The first-order chi connectivity index (χ1) is 6.29. The first-order valence-corrected chi connectivity index (χ1v) is 4.48. The lowest BCUT2D eigenvalue weighted by Gasteiger charge is -2.05. The summed E-state index contributed by atoms with van der Waals surface area (Å²) in [6.07, 6.45) is 1.20. The maximum absolute atomic E-state index is 5.73. The predicted octanol–water partition coefficient (Wildman–Crippen LogP) is 1.68. The van der Waals surface area contributed by atoms with Gasteiger partial charge in [0.05, 0.1) is 19.8 Å². The summed E-state index contributed by atoms with van der Waals surface area (Å²) in [6.45, 7) is 0.839. The highest BCUT2D eigenvalue weighted by Gasteiger charge is 2.24. The quantitative estimate of drug-likeness (QED) is 0.549. The molecule has 0 bridgehead atoms. The molecule has 2 heterocycles. The fourth-order valence-corrected chi connectivity index (χ4v) is 1.35. The summed E-state index contributed by atoms with van der Waals surface area (Å²) < 4.78 is 10.2. The third-order valence-electron chi connectivity index (χ3n) is 1.95. The van der Waals surface area contributed by atoms with Gasteiger partial charge in [0.2, 0.25) is 5.88 Å². The first kappa shape index (κ1) is 8.78. The fraction of sp³-hybridized carbons (Fsp3) is 0.444. The van der Waals surface area contributed by atoms with E-state index in [1.165, 1.54) is 0 Å². The van der Waals surface area contributed by atoms with E-state index in [2.05, 4.69) is 4.98 Å². The van der Waals surface area contributed by atoms with E-state index >= 15 is 0 Å². The first-order valence-electron chi connectivity index (χ1n) is 4.10. The Labute approximate surface area is 81.6 Å². The Balaban J connectivity index is 2.21. The smallest absolute Gasteiger partial charge is 0.217 e. The van der Waals surface area contributed by atoms with Crippen molar-refractivity contribution in [1.29, 1.82) is 0 Å². The molecule has 1 aliphatic heterocycles. The Hall–Kier alpha value is -0.800. The molecule has 3 nitrogen and oxygen atoms in total. The number of hydrogen-bond donors (Lipinski definition) is 0. The van der Waals surface area contributed by atoms with Crippen LogP contribution in [-0.4, -0.2) is 24.8 Å². The minimum atomic E-state index is 0.344. The predicted molar refractivity (Wildman–Crippen MR) is 49.2 cm³/mol. The summed E-state index contributed by atoms with van der Waals surface area (Å²) in [6, 6.07) is 3.69. The Morgan fingerprint density at radius 3 is 3.08 bits per heavy atom. The van der Waals surface area contributed by atoms with Crippen molar-refractivity contribution in [2.75, 3.05) is 13.7 Å². The van der Waals surface area contributed by atoms with Crippen LogP contribution >= 0.6 is 11.6 Å². The van der Waals surface area contributed by atoms with Crippen LogP contribution in [0.2, 0.25) is 5.15 Å². The molecule has 0 saturated carbocycles. The van der Waals surface area contributed by atoms with Gasteiger partial charge in [-0.05, 0) is 6.07 Å². The van der Waals surface area contributed by atoms with Gasteiger partial charge in [0.25, 0.3) is 0 Å². The van der Waals surface area contributed by atoms with Gasteiger partial charge in [0, 0.05) is 12.0 Å². The van der Waals surface area contributed by atoms with Crippen molar-refractivity contribution in [2.24, 2.45) is 0 Å². The lowest BCUT2D eigenvalue weighted by atomic mass is 10.1. The van der Waals surface area contributed by atoms with E-state index in [4.69, 9.17) is 21.1 Å². The van der Waals surface area contributed by atoms with Crippen LogP contribution in [0.15, 0.2) is 12.1 Å². The fourth-order valence-electron chi connectivity index (χ4n) is 1.21. The van der Waals surface area contributed by atoms with Gasteiger partial charge in [0.1, 0.15) is 5.15 Å². The van der Waals surface area contributed by atoms with Crippen molar-refractivity contribution in [3.05, 3.63) is 22.8 Å². The van der Waals surface area contributed by atoms with Gasteiger partial charge < -0.3 is 9.47 Å². The van der Waals surface area contributed by atoms with Crippen LogP contribution in [0.5, 0.6) is 5.88 Å². The van der Waals surface area contributed by atoms with Crippen molar-refractivity contribution < 1.29 is 9.47 Å². The lowest BCUT2D eigenvalue weighted by molar-refractivity contribution is 0.380. The van der Waals surface area contributed by atoms with E-state index in [1.54, 1.807) is 13.2 Å². The van der Waals surface area contributed by atoms with Gasteiger partial charge in [-0.15, -0.1) is 0 Å². The van der Waals surface area contributed by atoms with Crippen LogP contribution < -0.4 is 4.74 Å². The highest BCUT2D eigenvalue weighted by atomic mass is 35.5. The zero-order valence-electron chi connectivity index (χ0n) is 7.29. The van der Waals surface area contributed by atoms with Crippen LogP contribution in [0.1, 0.15) is 5.56 Å². The number of hydrogen-bond acceptors (Lipinski definition) is 3. The number of pyridine rings is 1. The number of halogens is 1. The molecule has 1 aliphatic rings. The van der Waals surface area contributed by atoms with Crippen molar-refractivity contribution in [1.82, 2.24) is 4.98 Å². The third-order valence-corrected chi connectivity index (χ3v) is 2.16. The van der Waals surface area contributed by atoms with Gasteiger partial charge in [-0.1, -0.05) is 17.7 Å². The summed E-state index contributed by atoms with van der Waals surface area (Å²) in [5, 5.41) is 0.456. The molecule has 70 valence electrons. The minimum Gasteiger partial charge on any atom is -0.481 e.